The summed E-state index contributed by atoms with van der Waals surface area (Å²) in [7, 11) is 0. The Morgan fingerprint density at radius 3 is 2.53 bits per heavy atom. The number of likely N-dealkylation sites (N-methyl/N-ethyl adjacent to an activating group) is 1. The third-order valence-electron chi connectivity index (χ3n) is 3.60. The molecule has 0 aliphatic carbocycles. The van der Waals surface area contributed by atoms with Crippen molar-refractivity contribution < 1.29 is 14.6 Å². The molecule has 4 heteroatoms. The largest absolute Gasteiger partial charge is 0.480 e. The Kier molecular flexibility index (Phi) is 9.88. The van der Waals surface area contributed by atoms with Crippen LogP contribution in [0.1, 0.15) is 59.8 Å². The Morgan fingerprint density at radius 2 is 2.05 bits per heavy atom. The van der Waals surface area contributed by atoms with Gasteiger partial charge in [-0.3, -0.25) is 4.79 Å². The summed E-state index contributed by atoms with van der Waals surface area (Å²) in [6.45, 7) is 10.3. The fraction of sp³-hybridized carbons (Fsp3) is 0.933. The average molecular weight is 273 g/mol. The van der Waals surface area contributed by atoms with Gasteiger partial charge in [-0.2, -0.15) is 0 Å². The van der Waals surface area contributed by atoms with Crippen molar-refractivity contribution in [3.05, 3.63) is 0 Å². The van der Waals surface area contributed by atoms with Crippen molar-refractivity contribution in [2.24, 2.45) is 5.92 Å². The molecule has 0 aromatic heterocycles. The highest BCUT2D eigenvalue weighted by atomic mass is 16.5. The second kappa shape index (κ2) is 10.2. The molecular weight excluding hydrogens is 242 g/mol. The SMILES string of the molecule is CCCC(C)COCCCC(CC)(NCC)C(=O)O. The summed E-state index contributed by atoms with van der Waals surface area (Å²) in [4.78, 5) is 11.4. The normalized spacial score (nSPS) is 16.0. The van der Waals surface area contributed by atoms with Crippen LogP contribution in [0.15, 0.2) is 0 Å². The van der Waals surface area contributed by atoms with Crippen LogP contribution in [0.4, 0.5) is 0 Å². The molecule has 0 fully saturated rings. The fourth-order valence-electron chi connectivity index (χ4n) is 2.40. The van der Waals surface area contributed by atoms with Gasteiger partial charge in [-0.25, -0.2) is 0 Å². The topological polar surface area (TPSA) is 58.6 Å². The zero-order chi connectivity index (χ0) is 14.7. The molecule has 4 nitrogen and oxygen atoms in total. The molecule has 114 valence electrons. The van der Waals surface area contributed by atoms with Crippen LogP contribution in [-0.4, -0.2) is 36.4 Å². The van der Waals surface area contributed by atoms with Crippen LogP contribution in [0, 0.1) is 5.92 Å². The summed E-state index contributed by atoms with van der Waals surface area (Å²) in [5.41, 5.74) is -0.785. The lowest BCUT2D eigenvalue weighted by Gasteiger charge is -2.29. The highest BCUT2D eigenvalue weighted by Gasteiger charge is 2.34. The summed E-state index contributed by atoms with van der Waals surface area (Å²) in [5, 5.41) is 12.5. The monoisotopic (exact) mass is 273 g/mol. The van der Waals surface area contributed by atoms with E-state index in [9.17, 15) is 9.90 Å². The first-order valence-electron chi connectivity index (χ1n) is 7.58. The molecule has 0 saturated heterocycles. The van der Waals surface area contributed by atoms with Crippen LogP contribution < -0.4 is 5.32 Å². The summed E-state index contributed by atoms with van der Waals surface area (Å²) in [6.07, 6.45) is 4.37. The summed E-state index contributed by atoms with van der Waals surface area (Å²) in [6, 6.07) is 0. The van der Waals surface area contributed by atoms with E-state index in [1.807, 2.05) is 13.8 Å². The van der Waals surface area contributed by atoms with Crippen LogP contribution >= 0.6 is 0 Å². The number of carbonyl (C=O) groups is 1. The average Bonchev–Trinajstić information content (AvgIpc) is 2.37. The van der Waals surface area contributed by atoms with Gasteiger partial charge in [-0.05, 0) is 38.1 Å². The predicted octanol–water partition coefficient (Wildman–Crippen LogP) is 3.06. The molecule has 0 aliphatic rings. The molecule has 0 heterocycles. The minimum Gasteiger partial charge on any atom is -0.480 e. The number of hydrogen-bond donors (Lipinski definition) is 2. The molecule has 0 bridgehead atoms. The van der Waals surface area contributed by atoms with E-state index in [2.05, 4.69) is 19.2 Å². The van der Waals surface area contributed by atoms with Crippen molar-refractivity contribution in [1.82, 2.24) is 5.32 Å². The maximum absolute atomic E-state index is 11.4. The first-order valence-corrected chi connectivity index (χ1v) is 7.58. The van der Waals surface area contributed by atoms with E-state index < -0.39 is 11.5 Å². The Labute approximate surface area is 117 Å². The third-order valence-corrected chi connectivity index (χ3v) is 3.60. The minimum absolute atomic E-state index is 0.592. The van der Waals surface area contributed by atoms with Crippen LogP contribution in [0.25, 0.3) is 0 Å². The van der Waals surface area contributed by atoms with Gasteiger partial charge in [-0.15, -0.1) is 0 Å². The number of rotatable bonds is 12. The zero-order valence-corrected chi connectivity index (χ0v) is 13.0. The molecule has 19 heavy (non-hydrogen) atoms. The molecule has 2 unspecified atom stereocenters. The van der Waals surface area contributed by atoms with Gasteiger partial charge in [0.25, 0.3) is 0 Å². The van der Waals surface area contributed by atoms with Crippen molar-refractivity contribution in [2.45, 2.75) is 65.3 Å². The lowest BCUT2D eigenvalue weighted by Crippen LogP contribution is -2.51. The Balaban J connectivity index is 3.97. The highest BCUT2D eigenvalue weighted by Crippen LogP contribution is 2.18. The van der Waals surface area contributed by atoms with Gasteiger partial charge >= 0.3 is 5.97 Å². The second-order valence-electron chi connectivity index (χ2n) is 5.34. The molecular formula is C15H31NO3. The lowest BCUT2D eigenvalue weighted by molar-refractivity contribution is -0.145. The molecule has 0 rings (SSSR count). The van der Waals surface area contributed by atoms with Crippen molar-refractivity contribution in [3.8, 4) is 0 Å². The summed E-state index contributed by atoms with van der Waals surface area (Å²) in [5.74, 6) is -0.162. The van der Waals surface area contributed by atoms with Gasteiger partial charge in [0.2, 0.25) is 0 Å². The molecule has 0 amide bonds. The van der Waals surface area contributed by atoms with Gasteiger partial charge in [0.15, 0.2) is 0 Å². The van der Waals surface area contributed by atoms with Gasteiger partial charge in [0.05, 0.1) is 0 Å². The van der Waals surface area contributed by atoms with Gasteiger partial charge < -0.3 is 15.2 Å². The highest BCUT2D eigenvalue weighted by molar-refractivity contribution is 5.78. The number of carboxylic acids is 1. The van der Waals surface area contributed by atoms with E-state index in [-0.39, 0.29) is 0 Å². The Hall–Kier alpha value is -0.610. The van der Waals surface area contributed by atoms with E-state index in [1.165, 1.54) is 12.8 Å². The van der Waals surface area contributed by atoms with Crippen LogP contribution in [-0.2, 0) is 9.53 Å². The van der Waals surface area contributed by atoms with Gasteiger partial charge in [0, 0.05) is 13.2 Å². The second-order valence-corrected chi connectivity index (χ2v) is 5.34. The van der Waals surface area contributed by atoms with Crippen molar-refractivity contribution >= 4 is 5.97 Å². The maximum Gasteiger partial charge on any atom is 0.323 e. The standard InChI is InChI=1S/C15H31NO3/c1-5-9-13(4)12-19-11-8-10-15(6-2,14(17)18)16-7-3/h13,16H,5-12H2,1-4H3,(H,17,18). The molecule has 0 radical (unpaired) electrons. The van der Waals surface area contributed by atoms with Crippen LogP contribution in [0.2, 0.25) is 0 Å². The first-order chi connectivity index (χ1) is 9.02. The van der Waals surface area contributed by atoms with Crippen LogP contribution in [0.5, 0.6) is 0 Å². The smallest absolute Gasteiger partial charge is 0.323 e. The number of nitrogens with one attached hydrogen (secondary N) is 1. The molecule has 2 N–H and O–H groups in total. The number of carboxylic acid groups (broad SMARTS) is 1. The Bertz CT molecular complexity index is 246. The number of aliphatic carboxylic acids is 1. The Morgan fingerprint density at radius 1 is 1.37 bits per heavy atom. The molecule has 0 aliphatic heterocycles. The fourth-order valence-corrected chi connectivity index (χ4v) is 2.40. The first kappa shape index (κ1) is 18.4. The number of ether oxygens (including phenoxy) is 1. The van der Waals surface area contributed by atoms with Crippen molar-refractivity contribution in [2.75, 3.05) is 19.8 Å². The zero-order valence-electron chi connectivity index (χ0n) is 13.0. The van der Waals surface area contributed by atoms with Gasteiger partial charge in [-0.1, -0.05) is 34.1 Å². The van der Waals surface area contributed by atoms with E-state index in [0.717, 1.165) is 13.0 Å². The molecule has 2 atom stereocenters. The van der Waals surface area contributed by atoms with E-state index in [4.69, 9.17) is 4.74 Å². The molecule has 0 saturated carbocycles. The van der Waals surface area contributed by atoms with Crippen LogP contribution in [0.3, 0.4) is 0 Å². The van der Waals surface area contributed by atoms with E-state index >= 15 is 0 Å². The van der Waals surface area contributed by atoms with E-state index in [1.54, 1.807) is 0 Å². The molecule has 0 aromatic rings. The summed E-state index contributed by atoms with van der Waals surface area (Å²) < 4.78 is 5.63. The quantitative estimate of drug-likeness (QED) is 0.537. The van der Waals surface area contributed by atoms with Crippen molar-refractivity contribution in [1.29, 1.82) is 0 Å². The lowest BCUT2D eigenvalue weighted by atomic mass is 9.90. The molecule has 0 spiro atoms. The van der Waals surface area contributed by atoms with Gasteiger partial charge in [0.1, 0.15) is 5.54 Å². The maximum atomic E-state index is 11.4. The van der Waals surface area contributed by atoms with E-state index in [0.29, 0.717) is 31.9 Å². The third kappa shape index (κ3) is 6.92. The summed E-state index contributed by atoms with van der Waals surface area (Å²) >= 11 is 0. The number of hydrogen-bond acceptors (Lipinski definition) is 3. The minimum atomic E-state index is -0.785. The van der Waals surface area contributed by atoms with Crippen molar-refractivity contribution in [3.63, 3.8) is 0 Å². The molecule has 0 aromatic carbocycles. The predicted molar refractivity (Wildman–Crippen MR) is 78.5 cm³/mol.